The number of hydrogen-bond acceptors (Lipinski definition) is 8. The summed E-state index contributed by atoms with van der Waals surface area (Å²) in [6, 6.07) is 14.5. The Labute approximate surface area is 251 Å². The van der Waals surface area contributed by atoms with E-state index >= 15 is 0 Å². The number of methoxy groups -OCH3 is 1. The summed E-state index contributed by atoms with van der Waals surface area (Å²) < 4.78 is 17.3. The number of nitrogens with zero attached hydrogens (tertiary/aromatic N) is 2. The Morgan fingerprint density at radius 1 is 1.14 bits per heavy atom. The third-order valence-electron chi connectivity index (χ3n) is 7.61. The normalized spacial score (nSPS) is 22.4. The molecule has 11 heteroatoms. The summed E-state index contributed by atoms with van der Waals surface area (Å²) in [6.07, 6.45) is 1.76. The van der Waals surface area contributed by atoms with Crippen LogP contribution in [0.2, 0.25) is 5.02 Å². The monoisotopic (exact) mass is 598 g/mol. The lowest BCUT2D eigenvalue weighted by Crippen LogP contribution is -2.60. The second-order valence-electron chi connectivity index (χ2n) is 10.9. The van der Waals surface area contributed by atoms with E-state index < -0.39 is 41.6 Å². The van der Waals surface area contributed by atoms with Gasteiger partial charge in [-0.2, -0.15) is 0 Å². The minimum absolute atomic E-state index is 0.0263. The topological polar surface area (TPSA) is 133 Å². The zero-order chi connectivity index (χ0) is 30.3. The molecule has 226 valence electrons. The van der Waals surface area contributed by atoms with Gasteiger partial charge in [-0.1, -0.05) is 54.1 Å². The lowest BCUT2D eigenvalue weighted by atomic mass is 9.92. The Hall–Kier alpha value is -3.47. The van der Waals surface area contributed by atoms with E-state index in [2.05, 4.69) is 5.32 Å². The second kappa shape index (κ2) is 14.1. The molecule has 2 amide bonds. The van der Waals surface area contributed by atoms with Gasteiger partial charge in [-0.25, -0.2) is 9.79 Å². The van der Waals surface area contributed by atoms with E-state index in [0.717, 1.165) is 24.0 Å². The molecule has 42 heavy (non-hydrogen) atoms. The highest BCUT2D eigenvalue weighted by molar-refractivity contribution is 6.30. The summed E-state index contributed by atoms with van der Waals surface area (Å²) in [5.74, 6) is -1.02. The maximum absolute atomic E-state index is 14.1. The first-order chi connectivity index (χ1) is 20.1. The van der Waals surface area contributed by atoms with Crippen LogP contribution in [0.1, 0.15) is 44.2 Å². The molecule has 2 aromatic rings. The predicted octanol–water partition coefficient (Wildman–Crippen LogP) is 3.04. The Balaban J connectivity index is 1.59. The highest BCUT2D eigenvalue weighted by Gasteiger charge is 2.49. The average Bonchev–Trinajstić information content (AvgIpc) is 3.43. The Morgan fingerprint density at radius 3 is 2.57 bits per heavy atom. The van der Waals surface area contributed by atoms with Crippen LogP contribution >= 0.6 is 11.6 Å². The molecule has 1 fully saturated rings. The van der Waals surface area contributed by atoms with E-state index in [1.807, 2.05) is 42.5 Å². The van der Waals surface area contributed by atoms with Gasteiger partial charge in [-0.3, -0.25) is 9.59 Å². The van der Waals surface area contributed by atoms with Crippen molar-refractivity contribution in [2.75, 3.05) is 20.3 Å². The molecule has 0 aromatic heterocycles. The van der Waals surface area contributed by atoms with Gasteiger partial charge in [0.05, 0.1) is 25.9 Å². The van der Waals surface area contributed by atoms with Gasteiger partial charge < -0.3 is 30.2 Å². The molecule has 4 unspecified atom stereocenters. The molecular weight excluding hydrogens is 560 g/mol. The van der Waals surface area contributed by atoms with E-state index in [1.165, 1.54) is 7.11 Å². The Bertz CT molecular complexity index is 1290. The van der Waals surface area contributed by atoms with Gasteiger partial charge in [0.2, 0.25) is 17.7 Å². The lowest BCUT2D eigenvalue weighted by Gasteiger charge is -2.38. The lowest BCUT2D eigenvalue weighted by molar-refractivity contribution is -0.147. The molecule has 1 saturated heterocycles. The molecule has 0 saturated carbocycles. The van der Waals surface area contributed by atoms with Crippen molar-refractivity contribution >= 4 is 35.3 Å². The fraction of sp³-hybridized carbons (Fsp3) is 0.484. The van der Waals surface area contributed by atoms with Gasteiger partial charge in [0.25, 0.3) is 0 Å². The van der Waals surface area contributed by atoms with Crippen molar-refractivity contribution in [2.24, 2.45) is 10.7 Å². The van der Waals surface area contributed by atoms with E-state index in [0.29, 0.717) is 23.9 Å². The fourth-order valence-corrected chi connectivity index (χ4v) is 5.49. The molecular formula is C31H39ClN4O6. The summed E-state index contributed by atoms with van der Waals surface area (Å²) in [5, 5.41) is 3.34. The van der Waals surface area contributed by atoms with Gasteiger partial charge in [-0.15, -0.1) is 0 Å². The fourth-order valence-electron chi connectivity index (χ4n) is 5.27. The van der Waals surface area contributed by atoms with Gasteiger partial charge in [0.1, 0.15) is 18.7 Å². The molecule has 0 aliphatic carbocycles. The second-order valence-corrected chi connectivity index (χ2v) is 11.3. The van der Waals surface area contributed by atoms with Crippen LogP contribution in [-0.2, 0) is 41.6 Å². The number of piperidine rings is 1. The first kappa shape index (κ1) is 31.5. The molecule has 2 aromatic carbocycles. The largest absolute Gasteiger partial charge is 0.476 e. The number of ether oxygens (including phenoxy) is 3. The van der Waals surface area contributed by atoms with Gasteiger partial charge >= 0.3 is 5.97 Å². The molecule has 5 atom stereocenters. The highest BCUT2D eigenvalue weighted by Crippen LogP contribution is 2.31. The highest BCUT2D eigenvalue weighted by atomic mass is 35.5. The number of rotatable bonds is 11. The van der Waals surface area contributed by atoms with E-state index in [9.17, 15) is 14.4 Å². The van der Waals surface area contributed by atoms with Gasteiger partial charge in [0, 0.05) is 18.0 Å². The first-order valence-electron chi connectivity index (χ1n) is 14.2. The smallest absolute Gasteiger partial charge is 0.337 e. The van der Waals surface area contributed by atoms with Crippen molar-refractivity contribution in [2.45, 2.75) is 75.9 Å². The van der Waals surface area contributed by atoms with Crippen molar-refractivity contribution in [3.05, 3.63) is 70.7 Å². The standard InChI is InChI=1S/C31H39ClN4O6/c1-20(33)27(37)34-26(21(2)41-18-22-10-5-4-6-11-22)29(38)36-15-8-7-14-25(36)28-35-31(19-42-28,30(39)40-3)17-23-12-9-13-24(32)16-23/h4-6,9-13,16,20-21,25-26H,7-8,14-15,17-19,33H2,1-3H3,(H,34,37)/t20?,21?,25?,26?,31-/m1/s1. The summed E-state index contributed by atoms with van der Waals surface area (Å²) in [7, 11) is 1.31. The van der Waals surface area contributed by atoms with Crippen molar-refractivity contribution in [3.8, 4) is 0 Å². The van der Waals surface area contributed by atoms with Crippen molar-refractivity contribution < 1.29 is 28.6 Å². The van der Waals surface area contributed by atoms with Gasteiger partial charge in [0.15, 0.2) is 5.54 Å². The molecule has 2 heterocycles. The van der Waals surface area contributed by atoms with Crippen LogP contribution in [0, 0.1) is 0 Å². The zero-order valence-electron chi connectivity index (χ0n) is 24.3. The number of carbonyl (C=O) groups excluding carboxylic acids is 3. The minimum Gasteiger partial charge on any atom is -0.476 e. The molecule has 3 N–H and O–H groups in total. The van der Waals surface area contributed by atoms with Crippen LogP contribution < -0.4 is 11.1 Å². The van der Waals surface area contributed by atoms with E-state index in [-0.39, 0.29) is 25.5 Å². The number of esters is 1. The molecule has 2 aliphatic heterocycles. The Morgan fingerprint density at radius 2 is 1.88 bits per heavy atom. The van der Waals surface area contributed by atoms with Crippen molar-refractivity contribution in [3.63, 3.8) is 0 Å². The summed E-state index contributed by atoms with van der Waals surface area (Å²) >= 11 is 6.19. The SMILES string of the molecule is COC(=O)[C@@]1(Cc2cccc(Cl)c2)COC(C2CCCCN2C(=O)C(NC(=O)C(C)N)C(C)OCc2ccccc2)=N1. The molecule has 0 spiro atoms. The predicted molar refractivity (Wildman–Crippen MR) is 159 cm³/mol. The number of hydrogen-bond donors (Lipinski definition) is 2. The molecule has 0 radical (unpaired) electrons. The molecule has 4 rings (SSSR count). The van der Waals surface area contributed by atoms with Crippen LogP contribution in [0.5, 0.6) is 0 Å². The van der Waals surface area contributed by atoms with Crippen molar-refractivity contribution in [1.29, 1.82) is 0 Å². The Kier molecular flexibility index (Phi) is 10.6. The molecule has 2 aliphatic rings. The number of benzene rings is 2. The summed E-state index contributed by atoms with van der Waals surface area (Å²) in [6.45, 7) is 3.99. The van der Waals surface area contributed by atoms with Gasteiger partial charge in [-0.05, 0) is 56.4 Å². The van der Waals surface area contributed by atoms with Crippen LogP contribution in [0.3, 0.4) is 0 Å². The molecule has 10 nitrogen and oxygen atoms in total. The third kappa shape index (κ3) is 7.48. The number of amides is 2. The molecule has 0 bridgehead atoms. The van der Waals surface area contributed by atoms with Crippen LogP contribution in [0.25, 0.3) is 0 Å². The maximum Gasteiger partial charge on any atom is 0.337 e. The number of nitrogens with two attached hydrogens (primary N) is 1. The number of aliphatic imine (C=N–C) groups is 1. The zero-order valence-corrected chi connectivity index (χ0v) is 25.0. The van der Waals surface area contributed by atoms with E-state index in [4.69, 9.17) is 36.5 Å². The van der Waals surface area contributed by atoms with E-state index in [1.54, 1.807) is 30.9 Å². The summed E-state index contributed by atoms with van der Waals surface area (Å²) in [5.41, 5.74) is 6.27. The third-order valence-corrected chi connectivity index (χ3v) is 7.84. The first-order valence-corrected chi connectivity index (χ1v) is 14.6. The van der Waals surface area contributed by atoms with Crippen LogP contribution in [-0.4, -0.2) is 78.6 Å². The maximum atomic E-state index is 14.1. The van der Waals surface area contributed by atoms with Crippen LogP contribution in [0.15, 0.2) is 59.6 Å². The van der Waals surface area contributed by atoms with Crippen LogP contribution in [0.4, 0.5) is 0 Å². The number of carbonyl (C=O) groups is 3. The number of likely N-dealkylation sites (tertiary alicyclic amines) is 1. The van der Waals surface area contributed by atoms with Crippen molar-refractivity contribution in [1.82, 2.24) is 10.2 Å². The number of halogens is 1. The quantitative estimate of drug-likeness (QED) is 0.380. The average molecular weight is 599 g/mol. The minimum atomic E-state index is -1.31. The summed E-state index contributed by atoms with van der Waals surface area (Å²) in [4.78, 5) is 46.3. The number of nitrogens with one attached hydrogen (secondary N) is 1.